The molecule has 5 nitrogen and oxygen atoms in total. The van der Waals surface area contributed by atoms with Crippen LogP contribution in [-0.2, 0) is 10.0 Å². The van der Waals surface area contributed by atoms with Crippen molar-refractivity contribution in [2.24, 2.45) is 10.1 Å². The van der Waals surface area contributed by atoms with Crippen LogP contribution in [0.1, 0.15) is 5.76 Å². The molecule has 1 aromatic heterocycles. The van der Waals surface area contributed by atoms with Crippen LogP contribution in [0.15, 0.2) is 57.0 Å². The largest absolute Gasteiger partial charge is 0.463 e. The summed E-state index contributed by atoms with van der Waals surface area (Å²) in [4.78, 5) is 4.18. The zero-order valence-corrected chi connectivity index (χ0v) is 9.59. The lowest BCUT2D eigenvalue weighted by Crippen LogP contribution is -2.11. The number of rotatable bonds is 3. The fraction of sp³-hybridized carbons (Fsp3) is 0. The summed E-state index contributed by atoms with van der Waals surface area (Å²) in [6.07, 6.45) is 3.09. The van der Waals surface area contributed by atoms with Crippen molar-refractivity contribution in [3.05, 3.63) is 48.4 Å². The fourth-order valence-corrected chi connectivity index (χ4v) is 1.74. The van der Waals surface area contributed by atoms with E-state index in [0.29, 0.717) is 11.4 Å². The van der Waals surface area contributed by atoms with Gasteiger partial charge in [0.25, 0.3) is 0 Å². The predicted octanol–water partition coefficient (Wildman–Crippen LogP) is 1.68. The van der Waals surface area contributed by atoms with Crippen LogP contribution in [0.2, 0.25) is 0 Å². The molecule has 0 aliphatic heterocycles. The Morgan fingerprint density at radius 3 is 2.41 bits per heavy atom. The minimum absolute atomic E-state index is 0.0643. The van der Waals surface area contributed by atoms with Crippen LogP contribution in [0.4, 0.5) is 5.69 Å². The number of nitrogens with zero attached hydrogens (tertiary/aromatic N) is 1. The molecule has 0 spiro atoms. The van der Waals surface area contributed by atoms with E-state index in [1.807, 2.05) is 0 Å². The van der Waals surface area contributed by atoms with Crippen LogP contribution >= 0.6 is 0 Å². The quantitative estimate of drug-likeness (QED) is 0.841. The van der Waals surface area contributed by atoms with Gasteiger partial charge in [-0.3, -0.25) is 4.99 Å². The molecule has 0 aliphatic rings. The van der Waals surface area contributed by atoms with Crippen molar-refractivity contribution in [3.63, 3.8) is 0 Å². The summed E-state index contributed by atoms with van der Waals surface area (Å²) in [7, 11) is -3.65. The van der Waals surface area contributed by atoms with Crippen LogP contribution in [0.5, 0.6) is 0 Å². The van der Waals surface area contributed by atoms with Crippen LogP contribution in [-0.4, -0.2) is 14.6 Å². The Bertz CT molecular complexity index is 613. The first-order chi connectivity index (χ1) is 8.05. The summed E-state index contributed by atoms with van der Waals surface area (Å²) < 4.78 is 27.1. The van der Waals surface area contributed by atoms with Crippen molar-refractivity contribution < 1.29 is 12.8 Å². The predicted molar refractivity (Wildman–Crippen MR) is 63.8 cm³/mol. The Kier molecular flexibility index (Phi) is 3.08. The van der Waals surface area contributed by atoms with Gasteiger partial charge in [-0.1, -0.05) is 0 Å². The summed E-state index contributed by atoms with van der Waals surface area (Å²) in [6.45, 7) is 0. The van der Waals surface area contributed by atoms with Gasteiger partial charge in [-0.05, 0) is 36.4 Å². The SMILES string of the molecule is NS(=O)(=O)c1ccc(N=Cc2ccco2)cc1. The third-order valence-corrected chi connectivity index (χ3v) is 2.98. The minimum atomic E-state index is -3.65. The van der Waals surface area contributed by atoms with Crippen molar-refractivity contribution in [1.29, 1.82) is 0 Å². The second-order valence-electron chi connectivity index (χ2n) is 3.31. The molecule has 2 aromatic rings. The van der Waals surface area contributed by atoms with Crippen molar-refractivity contribution >= 4 is 21.9 Å². The van der Waals surface area contributed by atoms with Crippen molar-refractivity contribution in [2.45, 2.75) is 4.90 Å². The van der Waals surface area contributed by atoms with E-state index in [0.717, 1.165) is 0 Å². The Balaban J connectivity index is 2.19. The van der Waals surface area contributed by atoms with Gasteiger partial charge in [0.1, 0.15) is 5.76 Å². The summed E-state index contributed by atoms with van der Waals surface area (Å²) in [5, 5.41) is 4.98. The molecule has 0 unspecified atom stereocenters. The third kappa shape index (κ3) is 3.02. The Labute approximate surface area is 98.6 Å². The highest BCUT2D eigenvalue weighted by atomic mass is 32.2. The van der Waals surface area contributed by atoms with Gasteiger partial charge in [0, 0.05) is 0 Å². The molecule has 88 valence electrons. The summed E-state index contributed by atoms with van der Waals surface area (Å²) in [6, 6.07) is 9.47. The standard InChI is InChI=1S/C11H10N2O3S/c12-17(14,15)11-5-3-9(4-6-11)13-8-10-2-1-7-16-10/h1-8H,(H2,12,14,15). The highest BCUT2D eigenvalue weighted by molar-refractivity contribution is 7.89. The van der Waals surface area contributed by atoms with Crippen LogP contribution in [0.25, 0.3) is 0 Å². The average molecular weight is 250 g/mol. The molecule has 0 aliphatic carbocycles. The molecule has 0 amide bonds. The van der Waals surface area contributed by atoms with E-state index in [1.54, 1.807) is 36.7 Å². The molecule has 1 aromatic carbocycles. The maximum absolute atomic E-state index is 11.0. The summed E-state index contributed by atoms with van der Waals surface area (Å²) in [5.74, 6) is 0.625. The first-order valence-corrected chi connectivity index (χ1v) is 6.31. The fourth-order valence-electron chi connectivity index (χ4n) is 1.22. The van der Waals surface area contributed by atoms with Gasteiger partial charge in [-0.2, -0.15) is 0 Å². The molecule has 6 heteroatoms. The normalized spacial score (nSPS) is 12.1. The van der Waals surface area contributed by atoms with Gasteiger partial charge >= 0.3 is 0 Å². The topological polar surface area (TPSA) is 85.7 Å². The summed E-state index contributed by atoms with van der Waals surface area (Å²) >= 11 is 0. The molecule has 0 saturated carbocycles. The molecular formula is C11H10N2O3S. The maximum Gasteiger partial charge on any atom is 0.238 e. The van der Waals surface area contributed by atoms with Gasteiger partial charge in [0.2, 0.25) is 10.0 Å². The summed E-state index contributed by atoms with van der Waals surface area (Å²) in [5.41, 5.74) is 0.619. The maximum atomic E-state index is 11.0. The van der Waals surface area contributed by atoms with Crippen LogP contribution < -0.4 is 5.14 Å². The van der Waals surface area contributed by atoms with Crippen LogP contribution in [0, 0.1) is 0 Å². The van der Waals surface area contributed by atoms with E-state index < -0.39 is 10.0 Å². The lowest BCUT2D eigenvalue weighted by atomic mass is 10.3. The number of primary sulfonamides is 1. The first-order valence-electron chi connectivity index (χ1n) is 4.76. The molecule has 2 N–H and O–H groups in total. The third-order valence-electron chi connectivity index (χ3n) is 2.05. The number of benzene rings is 1. The van der Waals surface area contributed by atoms with Gasteiger partial charge in [0.05, 0.1) is 23.1 Å². The lowest BCUT2D eigenvalue weighted by molar-refractivity contribution is 0.560. The number of nitrogens with two attached hydrogens (primary N) is 1. The van der Waals surface area contributed by atoms with Gasteiger partial charge in [0.15, 0.2) is 0 Å². The van der Waals surface area contributed by atoms with E-state index in [-0.39, 0.29) is 4.90 Å². The molecule has 0 fully saturated rings. The first kappa shape index (κ1) is 11.6. The van der Waals surface area contributed by atoms with Crippen molar-refractivity contribution in [3.8, 4) is 0 Å². The zero-order valence-electron chi connectivity index (χ0n) is 8.78. The molecule has 0 radical (unpaired) electrons. The average Bonchev–Trinajstić information content (AvgIpc) is 2.78. The number of hydrogen-bond acceptors (Lipinski definition) is 4. The van der Waals surface area contributed by atoms with Gasteiger partial charge < -0.3 is 4.42 Å². The Morgan fingerprint density at radius 1 is 1.18 bits per heavy atom. The molecule has 0 saturated heterocycles. The Hall–Kier alpha value is -1.92. The second-order valence-corrected chi connectivity index (χ2v) is 4.87. The minimum Gasteiger partial charge on any atom is -0.463 e. The molecular weight excluding hydrogens is 240 g/mol. The molecule has 2 rings (SSSR count). The van der Waals surface area contributed by atoms with E-state index in [4.69, 9.17) is 9.56 Å². The molecule has 1 heterocycles. The Morgan fingerprint density at radius 2 is 1.88 bits per heavy atom. The molecule has 0 atom stereocenters. The molecule has 17 heavy (non-hydrogen) atoms. The van der Waals surface area contributed by atoms with E-state index >= 15 is 0 Å². The number of aliphatic imine (C=N–C) groups is 1. The van der Waals surface area contributed by atoms with Gasteiger partial charge in [-0.25, -0.2) is 13.6 Å². The lowest BCUT2D eigenvalue weighted by Gasteiger charge is -1.97. The number of sulfonamides is 1. The highest BCUT2D eigenvalue weighted by Crippen LogP contribution is 2.15. The van der Waals surface area contributed by atoms with Gasteiger partial charge in [-0.15, -0.1) is 0 Å². The second kappa shape index (κ2) is 4.52. The smallest absolute Gasteiger partial charge is 0.238 e. The number of furan rings is 1. The highest BCUT2D eigenvalue weighted by Gasteiger charge is 2.05. The van der Waals surface area contributed by atoms with E-state index in [1.165, 1.54) is 12.1 Å². The van der Waals surface area contributed by atoms with Crippen molar-refractivity contribution in [2.75, 3.05) is 0 Å². The monoisotopic (exact) mass is 250 g/mol. The van der Waals surface area contributed by atoms with Crippen LogP contribution in [0.3, 0.4) is 0 Å². The van der Waals surface area contributed by atoms with E-state index in [2.05, 4.69) is 4.99 Å². The van der Waals surface area contributed by atoms with Crippen molar-refractivity contribution in [1.82, 2.24) is 0 Å². The van der Waals surface area contributed by atoms with E-state index in [9.17, 15) is 8.42 Å². The zero-order chi connectivity index (χ0) is 12.3. The molecule has 0 bridgehead atoms. The number of hydrogen-bond donors (Lipinski definition) is 1.